The van der Waals surface area contributed by atoms with Crippen LogP contribution in [0.3, 0.4) is 0 Å². The summed E-state index contributed by atoms with van der Waals surface area (Å²) >= 11 is 0. The number of aryl methyl sites for hydroxylation is 1. The molecule has 0 unspecified atom stereocenters. The van der Waals surface area contributed by atoms with Gasteiger partial charge in [-0.2, -0.15) is 0 Å². The molecule has 0 fully saturated rings. The molecule has 0 bridgehead atoms. The molecule has 0 aliphatic carbocycles. The monoisotopic (exact) mass is 488 g/mol. The maximum atomic E-state index is 6.27. The van der Waals surface area contributed by atoms with Gasteiger partial charge in [-0.05, 0) is 52.2 Å². The minimum atomic E-state index is 0.912. The summed E-state index contributed by atoms with van der Waals surface area (Å²) in [5.74, 6) is 2.03. The van der Waals surface area contributed by atoms with Crippen LogP contribution >= 0.6 is 0 Å². The van der Waals surface area contributed by atoms with Crippen LogP contribution in [0.5, 0.6) is 0 Å². The molecular formula is C35H36O2. The third-order valence-electron chi connectivity index (χ3n) is 7.83. The van der Waals surface area contributed by atoms with E-state index in [0.717, 1.165) is 40.1 Å². The topological polar surface area (TPSA) is 26.3 Å². The fourth-order valence-corrected chi connectivity index (χ4v) is 5.79. The highest BCUT2D eigenvalue weighted by Gasteiger charge is 2.13. The predicted octanol–water partition coefficient (Wildman–Crippen LogP) is 11.2. The molecule has 2 heterocycles. The van der Waals surface area contributed by atoms with E-state index in [1.165, 1.54) is 84.7 Å². The number of hydrogen-bond acceptors (Lipinski definition) is 2. The molecule has 37 heavy (non-hydrogen) atoms. The van der Waals surface area contributed by atoms with E-state index in [4.69, 9.17) is 8.83 Å². The fourth-order valence-electron chi connectivity index (χ4n) is 5.79. The largest absolute Gasteiger partial charge is 0.461 e. The van der Waals surface area contributed by atoms with Crippen LogP contribution in [-0.4, -0.2) is 0 Å². The number of furan rings is 2. The lowest BCUT2D eigenvalue weighted by molar-refractivity contribution is 0.517. The van der Waals surface area contributed by atoms with Crippen molar-refractivity contribution in [2.45, 2.75) is 71.1 Å². The minimum absolute atomic E-state index is 0.912. The highest BCUT2D eigenvalue weighted by atomic mass is 16.3. The molecule has 0 aliphatic heterocycles. The Bertz CT molecular complexity index is 1630. The van der Waals surface area contributed by atoms with Crippen molar-refractivity contribution < 1.29 is 8.83 Å². The first-order chi connectivity index (χ1) is 18.3. The van der Waals surface area contributed by atoms with Crippen molar-refractivity contribution in [1.29, 1.82) is 0 Å². The number of benzene rings is 4. The third-order valence-corrected chi connectivity index (χ3v) is 7.83. The zero-order chi connectivity index (χ0) is 25.0. The van der Waals surface area contributed by atoms with Gasteiger partial charge in [0.1, 0.15) is 22.7 Å². The number of unbranched alkanes of at least 4 members (excludes halogenated alkanes) is 8. The number of hydrogen-bond donors (Lipinski definition) is 0. The summed E-state index contributed by atoms with van der Waals surface area (Å²) in [6.45, 7) is 2.28. The van der Waals surface area contributed by atoms with Crippen molar-refractivity contribution in [3.63, 3.8) is 0 Å². The minimum Gasteiger partial charge on any atom is -0.461 e. The Labute approximate surface area is 219 Å². The van der Waals surface area contributed by atoms with Crippen LogP contribution in [0.1, 0.15) is 70.5 Å². The van der Waals surface area contributed by atoms with Gasteiger partial charge in [0.25, 0.3) is 0 Å². The highest BCUT2D eigenvalue weighted by Crippen LogP contribution is 2.38. The van der Waals surface area contributed by atoms with Gasteiger partial charge in [0.2, 0.25) is 0 Å². The zero-order valence-electron chi connectivity index (χ0n) is 21.9. The molecule has 0 amide bonds. The highest BCUT2D eigenvalue weighted by molar-refractivity contribution is 6.21. The molecule has 2 heteroatoms. The molecule has 4 aromatic carbocycles. The van der Waals surface area contributed by atoms with E-state index in [1.807, 2.05) is 18.2 Å². The smallest absolute Gasteiger partial charge is 0.135 e. The van der Waals surface area contributed by atoms with Gasteiger partial charge in [-0.1, -0.05) is 113 Å². The van der Waals surface area contributed by atoms with Crippen LogP contribution in [0.2, 0.25) is 0 Å². The first-order valence-electron chi connectivity index (χ1n) is 14.2. The average molecular weight is 489 g/mol. The first kappa shape index (κ1) is 23.9. The van der Waals surface area contributed by atoms with E-state index in [2.05, 4.69) is 67.6 Å². The second kappa shape index (κ2) is 10.8. The summed E-state index contributed by atoms with van der Waals surface area (Å²) in [6, 6.07) is 28.0. The second-order valence-electron chi connectivity index (χ2n) is 10.5. The SMILES string of the molecule is CCCCCCCCCCCc1cc2c(ccc3c2ccc2c4cc(-c5ccccc5)oc4ccc23)o1. The average Bonchev–Trinajstić information content (AvgIpc) is 3.57. The lowest BCUT2D eigenvalue weighted by Crippen LogP contribution is -1.84. The quantitative estimate of drug-likeness (QED) is 0.134. The summed E-state index contributed by atoms with van der Waals surface area (Å²) in [6.07, 6.45) is 13.2. The molecule has 0 radical (unpaired) electrons. The van der Waals surface area contributed by atoms with Crippen LogP contribution in [0.4, 0.5) is 0 Å². The van der Waals surface area contributed by atoms with E-state index in [0.29, 0.717) is 0 Å². The van der Waals surface area contributed by atoms with Gasteiger partial charge in [-0.3, -0.25) is 0 Å². The zero-order valence-corrected chi connectivity index (χ0v) is 21.9. The van der Waals surface area contributed by atoms with Crippen LogP contribution in [0.25, 0.3) is 54.8 Å². The Morgan fingerprint density at radius 3 is 1.70 bits per heavy atom. The standard InChI is InChI=1S/C35H36O2/c1-2-3-4-5-6-7-8-9-13-16-26-23-31-29-17-18-30-28(27(29)19-21-33(31)36-26)20-22-34-32(30)24-35(37-34)25-14-11-10-12-15-25/h10-12,14-15,17-24H,2-9,13,16H2,1H3. The predicted molar refractivity (Wildman–Crippen MR) is 157 cm³/mol. The lowest BCUT2D eigenvalue weighted by Gasteiger charge is -2.05. The van der Waals surface area contributed by atoms with Gasteiger partial charge < -0.3 is 8.83 Å². The van der Waals surface area contributed by atoms with Crippen molar-refractivity contribution in [1.82, 2.24) is 0 Å². The molecular weight excluding hydrogens is 452 g/mol. The molecule has 6 rings (SSSR count). The van der Waals surface area contributed by atoms with Gasteiger partial charge in [-0.15, -0.1) is 0 Å². The molecule has 0 atom stereocenters. The summed E-state index contributed by atoms with van der Waals surface area (Å²) in [4.78, 5) is 0. The van der Waals surface area contributed by atoms with Crippen LogP contribution in [0.15, 0.2) is 87.7 Å². The van der Waals surface area contributed by atoms with E-state index >= 15 is 0 Å². The van der Waals surface area contributed by atoms with Crippen molar-refractivity contribution in [3.05, 3.63) is 84.6 Å². The van der Waals surface area contributed by atoms with Crippen molar-refractivity contribution in [2.75, 3.05) is 0 Å². The number of rotatable bonds is 11. The van der Waals surface area contributed by atoms with E-state index in [1.54, 1.807) is 0 Å². The van der Waals surface area contributed by atoms with Gasteiger partial charge in [0.15, 0.2) is 0 Å². The maximum absolute atomic E-state index is 6.27. The first-order valence-corrected chi connectivity index (χ1v) is 14.2. The Morgan fingerprint density at radius 1 is 0.486 bits per heavy atom. The van der Waals surface area contributed by atoms with Gasteiger partial charge in [0.05, 0.1) is 0 Å². The van der Waals surface area contributed by atoms with Crippen molar-refractivity contribution in [2.24, 2.45) is 0 Å². The van der Waals surface area contributed by atoms with E-state index < -0.39 is 0 Å². The normalized spacial score (nSPS) is 11.9. The van der Waals surface area contributed by atoms with Gasteiger partial charge in [0, 0.05) is 22.8 Å². The van der Waals surface area contributed by atoms with Gasteiger partial charge in [-0.25, -0.2) is 0 Å². The molecule has 6 aromatic rings. The van der Waals surface area contributed by atoms with Gasteiger partial charge >= 0.3 is 0 Å². The summed E-state index contributed by atoms with van der Waals surface area (Å²) in [7, 11) is 0. The van der Waals surface area contributed by atoms with Crippen LogP contribution in [0, 0.1) is 0 Å². The Kier molecular flexibility index (Phi) is 6.99. The molecule has 2 nitrogen and oxygen atoms in total. The third kappa shape index (κ3) is 4.90. The molecule has 0 N–H and O–H groups in total. The number of fused-ring (bicyclic) bond motifs is 7. The van der Waals surface area contributed by atoms with Crippen molar-refractivity contribution in [3.8, 4) is 11.3 Å². The molecule has 0 saturated carbocycles. The Hall–Kier alpha value is -3.52. The Morgan fingerprint density at radius 2 is 1.03 bits per heavy atom. The lowest BCUT2D eigenvalue weighted by atomic mass is 9.97. The summed E-state index contributed by atoms with van der Waals surface area (Å²) < 4.78 is 12.5. The van der Waals surface area contributed by atoms with Crippen LogP contribution < -0.4 is 0 Å². The summed E-state index contributed by atoms with van der Waals surface area (Å²) in [5.41, 5.74) is 3.03. The van der Waals surface area contributed by atoms with E-state index in [-0.39, 0.29) is 0 Å². The Balaban J connectivity index is 1.22. The van der Waals surface area contributed by atoms with E-state index in [9.17, 15) is 0 Å². The molecule has 188 valence electrons. The summed E-state index contributed by atoms with van der Waals surface area (Å²) in [5, 5.41) is 7.41. The fraction of sp³-hybridized carbons (Fsp3) is 0.314. The molecule has 0 spiro atoms. The molecule has 0 aliphatic rings. The van der Waals surface area contributed by atoms with Crippen molar-refractivity contribution >= 4 is 43.5 Å². The maximum Gasteiger partial charge on any atom is 0.135 e. The second-order valence-corrected chi connectivity index (χ2v) is 10.5. The molecule has 0 saturated heterocycles. The van der Waals surface area contributed by atoms with Crippen LogP contribution in [-0.2, 0) is 6.42 Å². The molecule has 2 aromatic heterocycles.